The molecule has 1 fully saturated rings. The van der Waals surface area contributed by atoms with Crippen LogP contribution in [-0.2, 0) is 0 Å². The molecule has 1 aliphatic rings. The minimum Gasteiger partial charge on any atom is -0.393 e. The monoisotopic (exact) mass is 85.1 g/mol. The first-order valence-corrected chi connectivity index (χ1v) is 2.41. The zero-order valence-corrected chi connectivity index (χ0v) is 3.72. The summed E-state index contributed by atoms with van der Waals surface area (Å²) in [4.78, 5) is 0. The number of aliphatic hydroxyl groups is 1. The zero-order chi connectivity index (χ0) is 4.41. The average Bonchev–Trinajstić information content (AvgIpc) is 1.86. The minimum atomic E-state index is -0.0787. The van der Waals surface area contributed by atoms with E-state index in [2.05, 4.69) is 0 Å². The molecule has 0 amide bonds. The topological polar surface area (TPSA) is 20.2 Å². The maximum atomic E-state index is 8.67. The summed E-state index contributed by atoms with van der Waals surface area (Å²) in [6, 6.07) is 0. The molecule has 1 atom stereocenters. The quantitative estimate of drug-likeness (QED) is 0.460. The summed E-state index contributed by atoms with van der Waals surface area (Å²) >= 11 is 0. The largest absolute Gasteiger partial charge is 0.393 e. The molecule has 0 aromatic heterocycles. The van der Waals surface area contributed by atoms with Crippen LogP contribution in [0, 0.1) is 6.42 Å². The summed E-state index contributed by atoms with van der Waals surface area (Å²) < 4.78 is 0. The molecule has 0 saturated heterocycles. The molecule has 0 aliphatic heterocycles. The summed E-state index contributed by atoms with van der Waals surface area (Å²) in [5, 5.41) is 8.67. The molecular formula is C5H9O. The molecule has 1 radical (unpaired) electrons. The Morgan fingerprint density at radius 3 is 2.67 bits per heavy atom. The second kappa shape index (κ2) is 1.61. The van der Waals surface area contributed by atoms with Crippen molar-refractivity contribution in [2.24, 2.45) is 0 Å². The highest BCUT2D eigenvalue weighted by Crippen LogP contribution is 2.15. The molecule has 0 bridgehead atoms. The van der Waals surface area contributed by atoms with E-state index in [0.717, 1.165) is 12.8 Å². The Kier molecular flexibility index (Phi) is 1.10. The van der Waals surface area contributed by atoms with Crippen molar-refractivity contribution in [3.05, 3.63) is 6.42 Å². The van der Waals surface area contributed by atoms with E-state index in [1.54, 1.807) is 0 Å². The van der Waals surface area contributed by atoms with E-state index >= 15 is 0 Å². The molecule has 0 unspecified atom stereocenters. The van der Waals surface area contributed by atoms with Crippen LogP contribution in [0.3, 0.4) is 0 Å². The van der Waals surface area contributed by atoms with Crippen molar-refractivity contribution >= 4 is 0 Å². The molecule has 0 aromatic rings. The highest BCUT2D eigenvalue weighted by atomic mass is 16.3. The van der Waals surface area contributed by atoms with Crippen molar-refractivity contribution < 1.29 is 5.11 Å². The molecule has 1 aliphatic carbocycles. The van der Waals surface area contributed by atoms with Gasteiger partial charge in [0.2, 0.25) is 0 Å². The van der Waals surface area contributed by atoms with E-state index in [1.807, 2.05) is 6.42 Å². The lowest BCUT2D eigenvalue weighted by Crippen LogP contribution is -1.95. The third-order valence-corrected chi connectivity index (χ3v) is 1.14. The molecule has 1 nitrogen and oxygen atoms in total. The smallest absolute Gasteiger partial charge is 0.0572 e. The number of aliphatic hydroxyl groups excluding tert-OH is 1. The van der Waals surface area contributed by atoms with E-state index in [0.29, 0.717) is 0 Å². The Morgan fingerprint density at radius 1 is 1.67 bits per heavy atom. The highest BCUT2D eigenvalue weighted by Gasteiger charge is 2.09. The Hall–Kier alpha value is -0.0400. The van der Waals surface area contributed by atoms with Gasteiger partial charge in [0.05, 0.1) is 6.10 Å². The second-order valence-electron chi connectivity index (χ2n) is 1.73. The predicted molar refractivity (Wildman–Crippen MR) is 24.2 cm³/mol. The second-order valence-corrected chi connectivity index (χ2v) is 1.73. The highest BCUT2D eigenvalue weighted by molar-refractivity contribution is 4.81. The molecule has 0 spiro atoms. The Morgan fingerprint density at radius 2 is 2.50 bits per heavy atom. The Labute approximate surface area is 38.0 Å². The van der Waals surface area contributed by atoms with Crippen molar-refractivity contribution in [3.8, 4) is 0 Å². The summed E-state index contributed by atoms with van der Waals surface area (Å²) in [6.07, 6.45) is 5.16. The van der Waals surface area contributed by atoms with Crippen molar-refractivity contribution in [1.29, 1.82) is 0 Å². The van der Waals surface area contributed by atoms with Crippen molar-refractivity contribution in [2.45, 2.75) is 25.4 Å². The van der Waals surface area contributed by atoms with Gasteiger partial charge in [-0.2, -0.15) is 0 Å². The van der Waals surface area contributed by atoms with E-state index in [1.165, 1.54) is 6.42 Å². The molecule has 35 valence electrons. The summed E-state index contributed by atoms with van der Waals surface area (Å²) in [7, 11) is 0. The normalized spacial score (nSPS) is 25.5. The van der Waals surface area contributed by atoms with Crippen LogP contribution in [0.1, 0.15) is 19.3 Å². The fourth-order valence-electron chi connectivity index (χ4n) is 0.755. The summed E-state index contributed by atoms with van der Waals surface area (Å²) in [5.41, 5.74) is 0. The van der Waals surface area contributed by atoms with Gasteiger partial charge in [-0.1, -0.05) is 6.42 Å². The van der Waals surface area contributed by atoms with E-state index in [-0.39, 0.29) is 6.10 Å². The van der Waals surface area contributed by atoms with Crippen LogP contribution in [0.4, 0.5) is 0 Å². The van der Waals surface area contributed by atoms with E-state index in [4.69, 9.17) is 5.11 Å². The van der Waals surface area contributed by atoms with Crippen molar-refractivity contribution in [3.63, 3.8) is 0 Å². The number of hydrogen-bond acceptors (Lipinski definition) is 1. The van der Waals surface area contributed by atoms with Crippen LogP contribution >= 0.6 is 0 Å². The molecule has 1 N–H and O–H groups in total. The fraction of sp³-hybridized carbons (Fsp3) is 0.800. The molecule has 0 heterocycles. The van der Waals surface area contributed by atoms with Crippen LogP contribution in [0.25, 0.3) is 0 Å². The van der Waals surface area contributed by atoms with Crippen molar-refractivity contribution in [2.75, 3.05) is 0 Å². The standard InChI is InChI=1S/C5H9O/c6-5-3-1-2-4-5/h3,5-6H,1-2,4H2/t5-/m0/s1. The maximum Gasteiger partial charge on any atom is 0.0572 e. The van der Waals surface area contributed by atoms with Crippen LogP contribution in [-0.4, -0.2) is 11.2 Å². The van der Waals surface area contributed by atoms with Crippen LogP contribution in [0.2, 0.25) is 0 Å². The molecule has 0 aromatic carbocycles. The van der Waals surface area contributed by atoms with Gasteiger partial charge in [-0.15, -0.1) is 0 Å². The van der Waals surface area contributed by atoms with Gasteiger partial charge in [0.1, 0.15) is 0 Å². The summed E-state index contributed by atoms with van der Waals surface area (Å²) in [6.45, 7) is 0. The molecule has 6 heavy (non-hydrogen) atoms. The fourth-order valence-corrected chi connectivity index (χ4v) is 0.755. The number of rotatable bonds is 0. The third kappa shape index (κ3) is 0.716. The first-order valence-electron chi connectivity index (χ1n) is 2.41. The van der Waals surface area contributed by atoms with Crippen LogP contribution < -0.4 is 0 Å². The molecular weight excluding hydrogens is 76.1 g/mol. The van der Waals surface area contributed by atoms with E-state index < -0.39 is 0 Å². The first kappa shape index (κ1) is 4.13. The molecule has 1 saturated carbocycles. The van der Waals surface area contributed by atoms with Gasteiger partial charge >= 0.3 is 0 Å². The van der Waals surface area contributed by atoms with Crippen LogP contribution in [0.5, 0.6) is 0 Å². The molecule has 1 heteroatoms. The zero-order valence-electron chi connectivity index (χ0n) is 3.72. The summed E-state index contributed by atoms with van der Waals surface area (Å²) in [5.74, 6) is 0. The minimum absolute atomic E-state index is 0.0787. The van der Waals surface area contributed by atoms with E-state index in [9.17, 15) is 0 Å². The SMILES string of the molecule is O[C@H]1[CH]CCC1. The lowest BCUT2D eigenvalue weighted by Gasteiger charge is -1.90. The van der Waals surface area contributed by atoms with Gasteiger partial charge in [0.15, 0.2) is 0 Å². The average molecular weight is 85.1 g/mol. The predicted octanol–water partition coefficient (Wildman–Crippen LogP) is 0.735. The van der Waals surface area contributed by atoms with Gasteiger partial charge in [0.25, 0.3) is 0 Å². The maximum absolute atomic E-state index is 8.67. The van der Waals surface area contributed by atoms with Gasteiger partial charge in [0, 0.05) is 0 Å². The Balaban J connectivity index is 2.18. The Bertz CT molecular complexity index is 37.2. The van der Waals surface area contributed by atoms with Gasteiger partial charge < -0.3 is 5.11 Å². The van der Waals surface area contributed by atoms with Crippen molar-refractivity contribution in [1.82, 2.24) is 0 Å². The van der Waals surface area contributed by atoms with Crippen LogP contribution in [0.15, 0.2) is 0 Å². The van der Waals surface area contributed by atoms with Gasteiger partial charge in [-0.05, 0) is 19.3 Å². The lowest BCUT2D eigenvalue weighted by atomic mass is 10.3. The molecule has 1 rings (SSSR count). The first-order chi connectivity index (χ1) is 2.89. The lowest BCUT2D eigenvalue weighted by molar-refractivity contribution is 0.215. The van der Waals surface area contributed by atoms with Gasteiger partial charge in [-0.25, -0.2) is 0 Å². The number of hydrogen-bond donors (Lipinski definition) is 1. The third-order valence-electron chi connectivity index (χ3n) is 1.14. The van der Waals surface area contributed by atoms with Gasteiger partial charge in [-0.3, -0.25) is 0 Å².